The highest BCUT2D eigenvalue weighted by molar-refractivity contribution is 5.95. The molecule has 0 aliphatic rings. The predicted octanol–water partition coefficient (Wildman–Crippen LogP) is 2.70. The summed E-state index contributed by atoms with van der Waals surface area (Å²) < 4.78 is 7.00. The summed E-state index contributed by atoms with van der Waals surface area (Å²) in [6.07, 6.45) is 2.61. The number of nitrogens with one attached hydrogen (secondary N) is 1. The van der Waals surface area contributed by atoms with Gasteiger partial charge in [0.25, 0.3) is 5.91 Å². The van der Waals surface area contributed by atoms with Crippen LogP contribution in [0, 0.1) is 20.8 Å². The number of nitrogens with zero attached hydrogens (tertiary/aromatic N) is 3. The highest BCUT2D eigenvalue weighted by Crippen LogP contribution is 2.21. The van der Waals surface area contributed by atoms with Crippen LogP contribution in [0.25, 0.3) is 0 Å². The van der Waals surface area contributed by atoms with E-state index in [4.69, 9.17) is 4.52 Å². The zero-order chi connectivity index (χ0) is 15.6. The predicted molar refractivity (Wildman–Crippen MR) is 79.1 cm³/mol. The average molecular weight is 290 g/mol. The average Bonchev–Trinajstić information content (AvgIpc) is 2.94. The van der Waals surface area contributed by atoms with Gasteiger partial charge in [-0.05, 0) is 34.1 Å². The number of aryl methyl sites for hydroxylation is 3. The number of amides is 1. The molecule has 0 radical (unpaired) electrons. The van der Waals surface area contributed by atoms with E-state index in [2.05, 4.69) is 22.5 Å². The minimum Gasteiger partial charge on any atom is -0.361 e. The van der Waals surface area contributed by atoms with Crippen LogP contribution in [0.15, 0.2) is 10.7 Å². The topological polar surface area (TPSA) is 73.0 Å². The van der Waals surface area contributed by atoms with E-state index in [0.29, 0.717) is 5.56 Å². The number of hydrogen-bond donors (Lipinski definition) is 1. The van der Waals surface area contributed by atoms with E-state index < -0.39 is 0 Å². The van der Waals surface area contributed by atoms with E-state index in [1.165, 1.54) is 0 Å². The lowest BCUT2D eigenvalue weighted by Gasteiger charge is -2.13. The molecular formula is C15H22N4O2. The molecule has 2 heterocycles. The van der Waals surface area contributed by atoms with Crippen molar-refractivity contribution in [3.8, 4) is 0 Å². The molecule has 21 heavy (non-hydrogen) atoms. The summed E-state index contributed by atoms with van der Waals surface area (Å²) in [4.78, 5) is 12.4. The summed E-state index contributed by atoms with van der Waals surface area (Å²) in [5.74, 6) is 0.612. The van der Waals surface area contributed by atoms with Crippen LogP contribution in [0.5, 0.6) is 0 Å². The fourth-order valence-electron chi connectivity index (χ4n) is 2.56. The summed E-state index contributed by atoms with van der Waals surface area (Å²) in [6.45, 7) is 10.5. The molecule has 2 rings (SSSR count). The molecule has 1 atom stereocenters. The lowest BCUT2D eigenvalue weighted by atomic mass is 10.1. The van der Waals surface area contributed by atoms with Crippen LogP contribution >= 0.6 is 0 Å². The summed E-state index contributed by atoms with van der Waals surface area (Å²) in [5.41, 5.74) is 3.24. The van der Waals surface area contributed by atoms with Gasteiger partial charge < -0.3 is 9.84 Å². The minimum absolute atomic E-state index is 0.123. The molecule has 0 aliphatic heterocycles. The van der Waals surface area contributed by atoms with Gasteiger partial charge in [0.1, 0.15) is 5.76 Å². The first-order valence-corrected chi connectivity index (χ1v) is 7.21. The van der Waals surface area contributed by atoms with Gasteiger partial charge in [-0.3, -0.25) is 9.48 Å². The fourth-order valence-corrected chi connectivity index (χ4v) is 2.56. The van der Waals surface area contributed by atoms with Crippen molar-refractivity contribution < 1.29 is 9.32 Å². The SMILES string of the molecule is CCCn1ncc(C(=O)NC(C)c2c(C)noc2C)c1C. The van der Waals surface area contributed by atoms with Gasteiger partial charge >= 0.3 is 0 Å². The Balaban J connectivity index is 2.15. The van der Waals surface area contributed by atoms with Crippen molar-refractivity contribution in [3.63, 3.8) is 0 Å². The first-order valence-electron chi connectivity index (χ1n) is 7.21. The number of carbonyl (C=O) groups is 1. The molecule has 6 nitrogen and oxygen atoms in total. The standard InChI is InChI=1S/C15H22N4O2/c1-6-7-19-11(4)13(8-16-19)15(20)17-9(2)14-10(3)18-21-12(14)5/h8-9H,6-7H2,1-5H3,(H,17,20). The molecular weight excluding hydrogens is 268 g/mol. The third kappa shape index (κ3) is 2.99. The van der Waals surface area contributed by atoms with Crippen molar-refractivity contribution in [2.75, 3.05) is 0 Å². The van der Waals surface area contributed by atoms with Crippen LogP contribution < -0.4 is 5.32 Å². The van der Waals surface area contributed by atoms with Crippen molar-refractivity contribution in [1.29, 1.82) is 0 Å². The molecule has 114 valence electrons. The van der Waals surface area contributed by atoms with Crippen LogP contribution in [-0.2, 0) is 6.54 Å². The van der Waals surface area contributed by atoms with Crippen molar-refractivity contribution in [2.45, 2.75) is 53.6 Å². The second-order valence-corrected chi connectivity index (χ2v) is 5.30. The van der Waals surface area contributed by atoms with Crippen LogP contribution in [0.4, 0.5) is 0 Å². The summed E-state index contributed by atoms with van der Waals surface area (Å²) >= 11 is 0. The van der Waals surface area contributed by atoms with Crippen LogP contribution in [0.1, 0.15) is 59.4 Å². The molecule has 0 bridgehead atoms. The largest absolute Gasteiger partial charge is 0.361 e. The first-order chi connectivity index (χ1) is 9.95. The monoisotopic (exact) mass is 290 g/mol. The third-order valence-electron chi connectivity index (χ3n) is 3.65. The smallest absolute Gasteiger partial charge is 0.255 e. The highest BCUT2D eigenvalue weighted by Gasteiger charge is 2.21. The van der Waals surface area contributed by atoms with Crippen molar-refractivity contribution in [3.05, 3.63) is 34.5 Å². The maximum Gasteiger partial charge on any atom is 0.255 e. The Morgan fingerprint density at radius 1 is 1.43 bits per heavy atom. The van der Waals surface area contributed by atoms with Gasteiger partial charge in [-0.15, -0.1) is 0 Å². The molecule has 0 saturated heterocycles. The second kappa shape index (κ2) is 6.11. The Kier molecular flexibility index (Phi) is 4.45. The Morgan fingerprint density at radius 2 is 2.14 bits per heavy atom. The molecule has 0 spiro atoms. The van der Waals surface area contributed by atoms with E-state index >= 15 is 0 Å². The van der Waals surface area contributed by atoms with Crippen molar-refractivity contribution >= 4 is 5.91 Å². The van der Waals surface area contributed by atoms with E-state index in [0.717, 1.165) is 35.7 Å². The van der Waals surface area contributed by atoms with Crippen LogP contribution in [0.3, 0.4) is 0 Å². The number of aromatic nitrogens is 3. The Morgan fingerprint density at radius 3 is 2.71 bits per heavy atom. The van der Waals surface area contributed by atoms with Gasteiger partial charge in [0.2, 0.25) is 0 Å². The van der Waals surface area contributed by atoms with Gasteiger partial charge in [0, 0.05) is 17.8 Å². The molecule has 0 fully saturated rings. The first kappa shape index (κ1) is 15.3. The molecule has 0 saturated carbocycles. The molecule has 2 aromatic heterocycles. The van der Waals surface area contributed by atoms with E-state index in [1.807, 2.05) is 32.4 Å². The minimum atomic E-state index is -0.155. The van der Waals surface area contributed by atoms with Gasteiger partial charge in [0.15, 0.2) is 0 Å². The third-order valence-corrected chi connectivity index (χ3v) is 3.65. The van der Waals surface area contributed by atoms with Crippen LogP contribution in [-0.4, -0.2) is 20.8 Å². The quantitative estimate of drug-likeness (QED) is 0.919. The zero-order valence-electron chi connectivity index (χ0n) is 13.2. The summed E-state index contributed by atoms with van der Waals surface area (Å²) in [7, 11) is 0. The molecule has 1 unspecified atom stereocenters. The van der Waals surface area contributed by atoms with Gasteiger partial charge in [-0.2, -0.15) is 5.10 Å². The van der Waals surface area contributed by atoms with Gasteiger partial charge in [0.05, 0.1) is 23.5 Å². The summed E-state index contributed by atoms with van der Waals surface area (Å²) in [5, 5.41) is 11.2. The molecule has 0 aliphatic carbocycles. The number of hydrogen-bond acceptors (Lipinski definition) is 4. The molecule has 2 aromatic rings. The number of rotatable bonds is 5. The van der Waals surface area contributed by atoms with E-state index in [-0.39, 0.29) is 11.9 Å². The summed E-state index contributed by atoms with van der Waals surface area (Å²) in [6, 6.07) is -0.155. The zero-order valence-corrected chi connectivity index (χ0v) is 13.2. The lowest BCUT2D eigenvalue weighted by molar-refractivity contribution is 0.0939. The number of carbonyl (C=O) groups excluding carboxylic acids is 1. The molecule has 1 N–H and O–H groups in total. The maximum atomic E-state index is 12.4. The van der Waals surface area contributed by atoms with Crippen molar-refractivity contribution in [2.24, 2.45) is 0 Å². The Labute approximate surface area is 124 Å². The van der Waals surface area contributed by atoms with E-state index in [9.17, 15) is 4.79 Å². The molecule has 1 amide bonds. The maximum absolute atomic E-state index is 12.4. The molecule has 6 heteroatoms. The normalized spacial score (nSPS) is 12.4. The second-order valence-electron chi connectivity index (χ2n) is 5.30. The van der Waals surface area contributed by atoms with Gasteiger partial charge in [-0.1, -0.05) is 12.1 Å². The van der Waals surface area contributed by atoms with Crippen molar-refractivity contribution in [1.82, 2.24) is 20.3 Å². The lowest BCUT2D eigenvalue weighted by Crippen LogP contribution is -2.27. The highest BCUT2D eigenvalue weighted by atomic mass is 16.5. The Bertz CT molecular complexity index is 623. The van der Waals surface area contributed by atoms with Gasteiger partial charge in [-0.25, -0.2) is 0 Å². The molecule has 0 aromatic carbocycles. The van der Waals surface area contributed by atoms with E-state index in [1.54, 1.807) is 6.20 Å². The Hall–Kier alpha value is -2.11. The van der Waals surface area contributed by atoms with Crippen LogP contribution in [0.2, 0.25) is 0 Å². The fraction of sp³-hybridized carbons (Fsp3) is 0.533.